The zero-order chi connectivity index (χ0) is 16.2. The fraction of sp³-hybridized carbons (Fsp3) is 0.412. The molecule has 23 heavy (non-hydrogen) atoms. The molecule has 1 aliphatic heterocycles. The molecule has 1 saturated heterocycles. The van der Waals surface area contributed by atoms with Crippen molar-refractivity contribution >= 4 is 6.03 Å². The van der Waals surface area contributed by atoms with Gasteiger partial charge < -0.3 is 19.4 Å². The highest BCUT2D eigenvalue weighted by atomic mass is 16.5. The number of nitrogens with zero attached hydrogens (tertiary/aromatic N) is 2. The number of rotatable bonds is 3. The molecule has 1 aromatic heterocycles. The van der Waals surface area contributed by atoms with E-state index < -0.39 is 0 Å². The van der Waals surface area contributed by atoms with Crippen molar-refractivity contribution in [2.24, 2.45) is 0 Å². The number of ether oxygens (including phenoxy) is 1. The maximum Gasteiger partial charge on any atom is 0.318 e. The minimum absolute atomic E-state index is 0.0518. The van der Waals surface area contributed by atoms with Gasteiger partial charge in [0.2, 0.25) is 5.89 Å². The van der Waals surface area contributed by atoms with Gasteiger partial charge >= 0.3 is 6.03 Å². The van der Waals surface area contributed by atoms with Crippen LogP contribution in [0.1, 0.15) is 19.7 Å². The third kappa shape index (κ3) is 3.90. The molecule has 2 atom stereocenters. The number of carbonyl (C=O) groups excluding carboxylic acids is 1. The third-order valence-electron chi connectivity index (χ3n) is 3.71. The number of nitrogens with one attached hydrogen (secondary N) is 1. The summed E-state index contributed by atoms with van der Waals surface area (Å²) in [5, 5.41) is 2.85. The Labute approximate surface area is 135 Å². The topological polar surface area (TPSA) is 67.6 Å². The number of carbonyl (C=O) groups is 1. The molecule has 122 valence electrons. The summed E-state index contributed by atoms with van der Waals surface area (Å²) in [7, 11) is 0. The molecule has 1 fully saturated rings. The lowest BCUT2D eigenvalue weighted by Gasteiger charge is -2.35. The Morgan fingerprint density at radius 1 is 1.26 bits per heavy atom. The Morgan fingerprint density at radius 3 is 2.65 bits per heavy atom. The number of hydrogen-bond donors (Lipinski definition) is 1. The van der Waals surface area contributed by atoms with Gasteiger partial charge in [-0.2, -0.15) is 0 Å². The van der Waals surface area contributed by atoms with E-state index in [0.29, 0.717) is 24.7 Å². The average molecular weight is 315 g/mol. The van der Waals surface area contributed by atoms with Gasteiger partial charge in [-0.25, -0.2) is 9.78 Å². The van der Waals surface area contributed by atoms with Crippen molar-refractivity contribution < 1.29 is 13.9 Å². The van der Waals surface area contributed by atoms with Gasteiger partial charge in [-0.15, -0.1) is 0 Å². The molecule has 2 aromatic rings. The van der Waals surface area contributed by atoms with E-state index in [1.54, 1.807) is 11.1 Å². The van der Waals surface area contributed by atoms with Gasteiger partial charge in [0.05, 0.1) is 24.9 Å². The summed E-state index contributed by atoms with van der Waals surface area (Å²) in [6.45, 7) is 5.39. The Bertz CT molecular complexity index is 646. The van der Waals surface area contributed by atoms with Gasteiger partial charge in [-0.3, -0.25) is 0 Å². The summed E-state index contributed by atoms with van der Waals surface area (Å²) in [4.78, 5) is 18.2. The summed E-state index contributed by atoms with van der Waals surface area (Å²) in [6.07, 6.45) is 1.78. The first kappa shape index (κ1) is 15.6. The van der Waals surface area contributed by atoms with E-state index in [0.717, 1.165) is 5.56 Å². The highest BCUT2D eigenvalue weighted by molar-refractivity contribution is 5.74. The second-order valence-corrected chi connectivity index (χ2v) is 5.81. The summed E-state index contributed by atoms with van der Waals surface area (Å²) in [5.74, 6) is 1.19. The largest absolute Gasteiger partial charge is 0.439 e. The van der Waals surface area contributed by atoms with E-state index in [2.05, 4.69) is 10.3 Å². The quantitative estimate of drug-likeness (QED) is 0.945. The molecule has 0 unspecified atom stereocenters. The van der Waals surface area contributed by atoms with Gasteiger partial charge in [0, 0.05) is 18.7 Å². The normalized spacial score (nSPS) is 21.2. The molecular weight excluding hydrogens is 294 g/mol. The number of hydrogen-bond acceptors (Lipinski definition) is 4. The van der Waals surface area contributed by atoms with Crippen LogP contribution in [0.3, 0.4) is 0 Å². The first-order valence-corrected chi connectivity index (χ1v) is 7.80. The molecule has 0 aliphatic carbocycles. The third-order valence-corrected chi connectivity index (χ3v) is 3.71. The predicted octanol–water partition coefficient (Wildman–Crippen LogP) is 2.66. The van der Waals surface area contributed by atoms with Gasteiger partial charge in [-0.1, -0.05) is 30.3 Å². The summed E-state index contributed by atoms with van der Waals surface area (Å²) in [5.41, 5.74) is 0.966. The van der Waals surface area contributed by atoms with Crippen LogP contribution in [-0.4, -0.2) is 41.2 Å². The van der Waals surface area contributed by atoms with Crippen LogP contribution in [0.25, 0.3) is 11.3 Å². The van der Waals surface area contributed by atoms with Gasteiger partial charge in [0.1, 0.15) is 0 Å². The molecule has 0 radical (unpaired) electrons. The summed E-state index contributed by atoms with van der Waals surface area (Å²) in [6, 6.07) is 9.64. The van der Waals surface area contributed by atoms with Crippen molar-refractivity contribution in [1.29, 1.82) is 0 Å². The van der Waals surface area contributed by atoms with Gasteiger partial charge in [0.25, 0.3) is 0 Å². The van der Waals surface area contributed by atoms with Crippen LogP contribution in [0, 0.1) is 0 Å². The minimum atomic E-state index is -0.119. The fourth-order valence-corrected chi connectivity index (χ4v) is 2.73. The van der Waals surface area contributed by atoms with E-state index in [4.69, 9.17) is 9.15 Å². The SMILES string of the molecule is C[C@H]1CN(C(=O)NCc2ncc(-c3ccccc3)o2)C[C@H](C)O1. The van der Waals surface area contributed by atoms with E-state index in [9.17, 15) is 4.79 Å². The standard InChI is InChI=1S/C17H21N3O3/c1-12-10-20(11-13(2)22-12)17(21)19-9-16-18-8-15(23-16)14-6-4-3-5-7-14/h3-8,12-13H,9-11H2,1-2H3,(H,19,21)/t12-,13-/m0/s1. The van der Waals surface area contributed by atoms with Crippen LogP contribution in [-0.2, 0) is 11.3 Å². The molecular formula is C17H21N3O3. The van der Waals surface area contributed by atoms with Crippen LogP contribution in [0.15, 0.2) is 40.9 Å². The van der Waals surface area contributed by atoms with E-state index >= 15 is 0 Å². The Hall–Kier alpha value is -2.34. The minimum Gasteiger partial charge on any atom is -0.439 e. The zero-order valence-corrected chi connectivity index (χ0v) is 13.4. The average Bonchev–Trinajstić information content (AvgIpc) is 3.01. The van der Waals surface area contributed by atoms with E-state index in [1.165, 1.54) is 0 Å². The molecule has 3 rings (SSSR count). The van der Waals surface area contributed by atoms with Crippen LogP contribution in [0.2, 0.25) is 0 Å². The van der Waals surface area contributed by atoms with Crippen molar-refractivity contribution in [3.63, 3.8) is 0 Å². The summed E-state index contributed by atoms with van der Waals surface area (Å²) >= 11 is 0. The molecule has 2 heterocycles. The first-order valence-electron chi connectivity index (χ1n) is 7.80. The lowest BCUT2D eigenvalue weighted by atomic mass is 10.2. The Balaban J connectivity index is 1.56. The van der Waals surface area contributed by atoms with Gasteiger partial charge in [0.15, 0.2) is 5.76 Å². The monoisotopic (exact) mass is 315 g/mol. The molecule has 0 spiro atoms. The fourth-order valence-electron chi connectivity index (χ4n) is 2.73. The predicted molar refractivity (Wildman–Crippen MR) is 85.8 cm³/mol. The molecule has 0 saturated carbocycles. The smallest absolute Gasteiger partial charge is 0.318 e. The molecule has 1 aliphatic rings. The van der Waals surface area contributed by atoms with Crippen molar-refractivity contribution in [1.82, 2.24) is 15.2 Å². The second kappa shape index (κ2) is 6.83. The number of morpholine rings is 1. The zero-order valence-electron chi connectivity index (χ0n) is 13.4. The van der Waals surface area contributed by atoms with Crippen molar-refractivity contribution in [3.8, 4) is 11.3 Å². The summed E-state index contributed by atoms with van der Waals surface area (Å²) < 4.78 is 11.3. The van der Waals surface area contributed by atoms with E-state index in [-0.39, 0.29) is 24.8 Å². The van der Waals surface area contributed by atoms with Crippen LogP contribution in [0.5, 0.6) is 0 Å². The highest BCUT2D eigenvalue weighted by Gasteiger charge is 2.25. The number of amides is 2. The maximum atomic E-state index is 12.2. The molecule has 1 N–H and O–H groups in total. The molecule has 0 bridgehead atoms. The number of aromatic nitrogens is 1. The first-order chi connectivity index (χ1) is 11.1. The lowest BCUT2D eigenvalue weighted by Crippen LogP contribution is -2.51. The van der Waals surface area contributed by atoms with Gasteiger partial charge in [-0.05, 0) is 13.8 Å². The maximum absolute atomic E-state index is 12.2. The lowest BCUT2D eigenvalue weighted by molar-refractivity contribution is -0.0545. The van der Waals surface area contributed by atoms with Crippen LogP contribution >= 0.6 is 0 Å². The Kier molecular flexibility index (Phi) is 4.62. The number of benzene rings is 1. The highest BCUT2D eigenvalue weighted by Crippen LogP contribution is 2.19. The molecule has 6 nitrogen and oxygen atoms in total. The molecule has 6 heteroatoms. The van der Waals surface area contributed by atoms with Crippen molar-refractivity contribution in [2.75, 3.05) is 13.1 Å². The van der Waals surface area contributed by atoms with Crippen molar-refractivity contribution in [3.05, 3.63) is 42.4 Å². The van der Waals surface area contributed by atoms with Crippen LogP contribution in [0.4, 0.5) is 4.79 Å². The molecule has 2 amide bonds. The van der Waals surface area contributed by atoms with Crippen molar-refractivity contribution in [2.45, 2.75) is 32.6 Å². The van der Waals surface area contributed by atoms with E-state index in [1.807, 2.05) is 44.2 Å². The van der Waals surface area contributed by atoms with Crippen LogP contribution < -0.4 is 5.32 Å². The Morgan fingerprint density at radius 2 is 1.96 bits per heavy atom. The number of oxazole rings is 1. The second-order valence-electron chi connectivity index (χ2n) is 5.81. The number of urea groups is 1. The molecule has 1 aromatic carbocycles.